The zero-order valence-corrected chi connectivity index (χ0v) is 16.2. The van der Waals surface area contributed by atoms with Gasteiger partial charge in [-0.05, 0) is 49.5 Å². The number of aromatic nitrogens is 2. The molecular weight excluding hydrogens is 332 g/mol. The monoisotopic (exact) mass is 360 g/mol. The molecule has 2 aromatic carbocycles. The van der Waals surface area contributed by atoms with Crippen LogP contribution in [0.5, 0.6) is 0 Å². The van der Waals surface area contributed by atoms with E-state index in [1.165, 1.54) is 16.7 Å². The number of rotatable bonds is 5. The first-order chi connectivity index (χ1) is 13.1. The minimum Gasteiger partial charge on any atom is -0.330 e. The normalized spacial score (nSPS) is 20.3. The molecule has 4 rings (SSSR count). The van der Waals surface area contributed by atoms with Gasteiger partial charge in [-0.25, -0.2) is 4.68 Å². The van der Waals surface area contributed by atoms with Crippen molar-refractivity contribution < 1.29 is 0 Å². The van der Waals surface area contributed by atoms with Crippen LogP contribution in [0.3, 0.4) is 0 Å². The van der Waals surface area contributed by atoms with Gasteiger partial charge in [0.1, 0.15) is 0 Å². The van der Waals surface area contributed by atoms with E-state index in [-0.39, 0.29) is 5.41 Å². The molecule has 27 heavy (non-hydrogen) atoms. The number of para-hydroxylation sites is 1. The molecule has 4 heteroatoms. The second-order valence-corrected chi connectivity index (χ2v) is 8.07. The fourth-order valence-electron chi connectivity index (χ4n) is 3.97. The lowest BCUT2D eigenvalue weighted by Crippen LogP contribution is -2.31. The van der Waals surface area contributed by atoms with Crippen LogP contribution in [0.2, 0.25) is 0 Å². The smallest absolute Gasteiger partial charge is 0.0975 e. The second-order valence-electron chi connectivity index (χ2n) is 8.07. The highest BCUT2D eigenvalue weighted by molar-refractivity contribution is 5.66. The van der Waals surface area contributed by atoms with Gasteiger partial charge in [-0.3, -0.25) is 4.90 Å². The average Bonchev–Trinajstić information content (AvgIpc) is 3.28. The highest BCUT2D eigenvalue weighted by Crippen LogP contribution is 2.32. The summed E-state index contributed by atoms with van der Waals surface area (Å²) in [6.07, 6.45) is 3.35. The lowest BCUT2D eigenvalue weighted by atomic mass is 9.90. The Labute approximate surface area is 161 Å². The van der Waals surface area contributed by atoms with Crippen molar-refractivity contribution in [3.05, 3.63) is 71.9 Å². The third-order valence-corrected chi connectivity index (χ3v) is 5.73. The zero-order valence-electron chi connectivity index (χ0n) is 16.2. The van der Waals surface area contributed by atoms with Gasteiger partial charge in [0.25, 0.3) is 0 Å². The Kier molecular flexibility index (Phi) is 4.85. The molecule has 1 unspecified atom stereocenters. The van der Waals surface area contributed by atoms with Crippen LogP contribution in [0, 0.1) is 12.3 Å². The lowest BCUT2D eigenvalue weighted by molar-refractivity contribution is 0.274. The van der Waals surface area contributed by atoms with Gasteiger partial charge in [-0.2, -0.15) is 5.10 Å². The van der Waals surface area contributed by atoms with E-state index in [0.29, 0.717) is 0 Å². The molecule has 2 N–H and O–H groups in total. The van der Waals surface area contributed by atoms with E-state index < -0.39 is 0 Å². The zero-order chi connectivity index (χ0) is 18.9. The predicted molar refractivity (Wildman–Crippen MR) is 111 cm³/mol. The maximum absolute atomic E-state index is 6.00. The van der Waals surface area contributed by atoms with Crippen molar-refractivity contribution in [2.75, 3.05) is 19.6 Å². The van der Waals surface area contributed by atoms with E-state index in [2.05, 4.69) is 73.5 Å². The Hall–Kier alpha value is -2.43. The molecule has 3 aromatic rings. The SMILES string of the molecule is Cc1ccccc1-c1nn(-c2ccccc2)cc1CN1CCC(C)(CN)C1. The molecule has 1 aliphatic heterocycles. The highest BCUT2D eigenvalue weighted by atomic mass is 15.3. The Bertz CT molecular complexity index is 915. The number of benzene rings is 2. The van der Waals surface area contributed by atoms with Gasteiger partial charge in [-0.15, -0.1) is 0 Å². The Morgan fingerprint density at radius 3 is 2.52 bits per heavy atom. The molecule has 2 heterocycles. The Morgan fingerprint density at radius 2 is 1.81 bits per heavy atom. The average molecular weight is 361 g/mol. The summed E-state index contributed by atoms with van der Waals surface area (Å²) in [6.45, 7) is 8.25. The minimum absolute atomic E-state index is 0.234. The van der Waals surface area contributed by atoms with Crippen molar-refractivity contribution in [2.24, 2.45) is 11.1 Å². The van der Waals surface area contributed by atoms with E-state index >= 15 is 0 Å². The first kappa shape index (κ1) is 18.0. The molecule has 0 aliphatic carbocycles. The highest BCUT2D eigenvalue weighted by Gasteiger charge is 2.33. The van der Waals surface area contributed by atoms with Gasteiger partial charge in [0, 0.05) is 30.4 Å². The van der Waals surface area contributed by atoms with E-state index in [1.807, 2.05) is 10.7 Å². The van der Waals surface area contributed by atoms with Gasteiger partial charge in [0.15, 0.2) is 0 Å². The largest absolute Gasteiger partial charge is 0.330 e. The topological polar surface area (TPSA) is 47.1 Å². The fourth-order valence-corrected chi connectivity index (χ4v) is 3.97. The van der Waals surface area contributed by atoms with Gasteiger partial charge in [0.2, 0.25) is 0 Å². The summed E-state index contributed by atoms with van der Waals surface area (Å²) in [5, 5.41) is 4.98. The van der Waals surface area contributed by atoms with E-state index in [4.69, 9.17) is 10.8 Å². The number of aryl methyl sites for hydroxylation is 1. The molecule has 0 saturated carbocycles. The van der Waals surface area contributed by atoms with Crippen LogP contribution in [-0.2, 0) is 6.54 Å². The van der Waals surface area contributed by atoms with Crippen molar-refractivity contribution in [1.82, 2.24) is 14.7 Å². The van der Waals surface area contributed by atoms with Crippen LogP contribution in [0.25, 0.3) is 16.9 Å². The fraction of sp³-hybridized carbons (Fsp3) is 0.348. The van der Waals surface area contributed by atoms with Crippen LogP contribution < -0.4 is 5.73 Å². The number of hydrogen-bond donors (Lipinski definition) is 1. The Morgan fingerprint density at radius 1 is 1.07 bits per heavy atom. The van der Waals surface area contributed by atoms with Gasteiger partial charge in [0.05, 0.1) is 11.4 Å². The van der Waals surface area contributed by atoms with Crippen LogP contribution in [0.4, 0.5) is 0 Å². The summed E-state index contributed by atoms with van der Waals surface area (Å²) in [6, 6.07) is 18.8. The van der Waals surface area contributed by atoms with Crippen molar-refractivity contribution in [3.8, 4) is 16.9 Å². The van der Waals surface area contributed by atoms with Crippen LogP contribution in [0.15, 0.2) is 60.8 Å². The molecule has 0 radical (unpaired) electrons. The third kappa shape index (κ3) is 3.68. The van der Waals surface area contributed by atoms with Crippen molar-refractivity contribution >= 4 is 0 Å². The standard InChI is InChI=1S/C23H28N4/c1-18-8-6-7-11-21(18)22-19(14-26-13-12-23(2,16-24)17-26)15-27(25-22)20-9-4-3-5-10-20/h3-11,15H,12-14,16-17,24H2,1-2H3. The first-order valence-electron chi connectivity index (χ1n) is 9.70. The first-order valence-corrected chi connectivity index (χ1v) is 9.70. The molecule has 0 bridgehead atoms. The van der Waals surface area contributed by atoms with Crippen molar-refractivity contribution in [1.29, 1.82) is 0 Å². The number of nitrogens with zero attached hydrogens (tertiary/aromatic N) is 3. The van der Waals surface area contributed by atoms with E-state index in [0.717, 1.165) is 44.0 Å². The van der Waals surface area contributed by atoms with Gasteiger partial charge >= 0.3 is 0 Å². The van der Waals surface area contributed by atoms with E-state index in [1.54, 1.807) is 0 Å². The van der Waals surface area contributed by atoms with Crippen LogP contribution >= 0.6 is 0 Å². The quantitative estimate of drug-likeness (QED) is 0.747. The number of nitrogens with two attached hydrogens (primary N) is 1. The molecule has 0 amide bonds. The van der Waals surface area contributed by atoms with Crippen molar-refractivity contribution in [3.63, 3.8) is 0 Å². The van der Waals surface area contributed by atoms with Gasteiger partial charge in [-0.1, -0.05) is 49.4 Å². The van der Waals surface area contributed by atoms with E-state index in [9.17, 15) is 0 Å². The summed E-state index contributed by atoms with van der Waals surface area (Å²) in [5.74, 6) is 0. The van der Waals surface area contributed by atoms with Gasteiger partial charge < -0.3 is 5.73 Å². The molecule has 1 saturated heterocycles. The molecule has 1 fully saturated rings. The molecule has 1 atom stereocenters. The third-order valence-electron chi connectivity index (χ3n) is 5.73. The van der Waals surface area contributed by atoms with Crippen molar-refractivity contribution in [2.45, 2.75) is 26.8 Å². The lowest BCUT2D eigenvalue weighted by Gasteiger charge is -2.22. The summed E-state index contributed by atoms with van der Waals surface area (Å²) in [7, 11) is 0. The summed E-state index contributed by atoms with van der Waals surface area (Å²) in [4.78, 5) is 2.51. The molecular formula is C23H28N4. The molecule has 140 valence electrons. The summed E-state index contributed by atoms with van der Waals surface area (Å²) in [5.41, 5.74) is 12.1. The molecule has 4 nitrogen and oxygen atoms in total. The predicted octanol–water partition coefficient (Wildman–Crippen LogP) is 4.02. The Balaban J connectivity index is 1.71. The number of hydrogen-bond acceptors (Lipinski definition) is 3. The maximum Gasteiger partial charge on any atom is 0.0975 e. The molecule has 1 aromatic heterocycles. The molecule has 1 aliphatic rings. The minimum atomic E-state index is 0.234. The summed E-state index contributed by atoms with van der Waals surface area (Å²) >= 11 is 0. The number of likely N-dealkylation sites (tertiary alicyclic amines) is 1. The maximum atomic E-state index is 6.00. The molecule has 0 spiro atoms. The van der Waals surface area contributed by atoms with Crippen LogP contribution in [-0.4, -0.2) is 34.3 Å². The van der Waals surface area contributed by atoms with Crippen LogP contribution in [0.1, 0.15) is 24.5 Å². The summed E-state index contributed by atoms with van der Waals surface area (Å²) < 4.78 is 2.01. The second kappa shape index (κ2) is 7.29.